The molecule has 6 heteroatoms. The van der Waals surface area contributed by atoms with Crippen molar-refractivity contribution in [3.63, 3.8) is 0 Å². The fraction of sp³-hybridized carbons (Fsp3) is 0.650. The van der Waals surface area contributed by atoms with Crippen LogP contribution in [0.2, 0.25) is 0 Å². The first-order chi connectivity index (χ1) is 12.7. The Bertz CT molecular complexity index is 639. The molecule has 3 fully saturated rings. The Morgan fingerprint density at radius 1 is 1.23 bits per heavy atom. The molecule has 2 unspecified atom stereocenters. The Kier molecular flexibility index (Phi) is 5.14. The fourth-order valence-corrected chi connectivity index (χ4v) is 4.09. The lowest BCUT2D eigenvalue weighted by atomic mass is 9.96. The summed E-state index contributed by atoms with van der Waals surface area (Å²) in [6, 6.07) is 6.93. The van der Waals surface area contributed by atoms with Gasteiger partial charge in [-0.2, -0.15) is 0 Å². The van der Waals surface area contributed by atoms with Crippen LogP contribution in [0.1, 0.15) is 31.2 Å². The molecule has 0 radical (unpaired) electrons. The summed E-state index contributed by atoms with van der Waals surface area (Å²) < 4.78 is 25.0. The van der Waals surface area contributed by atoms with E-state index in [1.54, 1.807) is 12.1 Å². The van der Waals surface area contributed by atoms with E-state index in [2.05, 4.69) is 15.2 Å². The van der Waals surface area contributed by atoms with Crippen LogP contribution in [-0.2, 0) is 14.9 Å². The molecule has 2 atom stereocenters. The molecular formula is C20H28FN3O2. The third-order valence-electron chi connectivity index (χ3n) is 5.88. The van der Waals surface area contributed by atoms with Crippen molar-refractivity contribution in [2.45, 2.75) is 43.3 Å². The summed E-state index contributed by atoms with van der Waals surface area (Å²) in [5.74, 6) is 0.742. The first kappa shape index (κ1) is 17.7. The van der Waals surface area contributed by atoms with Gasteiger partial charge >= 0.3 is 0 Å². The van der Waals surface area contributed by atoms with Crippen LogP contribution >= 0.6 is 0 Å². The standard InChI is InChI=1S/C20H28FN3O2/c1-22-19(24-10-12-26-18(13-24)17-3-2-11-25-17)23-14-20(8-9-20)15-4-6-16(21)7-5-15/h4-7,17-18H,2-3,8-14H2,1H3,(H,22,23). The molecule has 0 amide bonds. The number of halogens is 1. The Labute approximate surface area is 154 Å². The van der Waals surface area contributed by atoms with Gasteiger partial charge in [0.1, 0.15) is 11.9 Å². The van der Waals surface area contributed by atoms with Crippen molar-refractivity contribution in [1.29, 1.82) is 0 Å². The van der Waals surface area contributed by atoms with E-state index in [4.69, 9.17) is 9.47 Å². The van der Waals surface area contributed by atoms with E-state index >= 15 is 0 Å². The molecule has 1 aromatic rings. The fourth-order valence-electron chi connectivity index (χ4n) is 4.09. The van der Waals surface area contributed by atoms with Crippen LogP contribution in [-0.4, -0.2) is 63.0 Å². The maximum absolute atomic E-state index is 13.2. The summed E-state index contributed by atoms with van der Waals surface area (Å²) >= 11 is 0. The minimum atomic E-state index is -0.179. The zero-order valence-electron chi connectivity index (χ0n) is 15.4. The average molecular weight is 361 g/mol. The number of aliphatic imine (C=N–C) groups is 1. The van der Waals surface area contributed by atoms with Gasteiger partial charge in [-0.1, -0.05) is 12.1 Å². The van der Waals surface area contributed by atoms with Crippen LogP contribution in [0.25, 0.3) is 0 Å². The Morgan fingerprint density at radius 2 is 2.00 bits per heavy atom. The van der Waals surface area contributed by atoms with Gasteiger partial charge in [0.25, 0.3) is 0 Å². The molecule has 26 heavy (non-hydrogen) atoms. The highest BCUT2D eigenvalue weighted by atomic mass is 19.1. The van der Waals surface area contributed by atoms with Crippen LogP contribution in [0.3, 0.4) is 0 Å². The quantitative estimate of drug-likeness (QED) is 0.660. The van der Waals surface area contributed by atoms with Crippen molar-refractivity contribution in [3.05, 3.63) is 35.6 Å². The molecular weight excluding hydrogens is 333 g/mol. The van der Waals surface area contributed by atoms with Gasteiger partial charge in [0, 0.05) is 38.7 Å². The molecule has 2 aliphatic heterocycles. The summed E-state index contributed by atoms with van der Waals surface area (Å²) in [5.41, 5.74) is 1.32. The van der Waals surface area contributed by atoms with E-state index in [0.717, 1.165) is 57.9 Å². The second kappa shape index (κ2) is 7.53. The lowest BCUT2D eigenvalue weighted by molar-refractivity contribution is -0.0817. The largest absolute Gasteiger partial charge is 0.375 e. The molecule has 0 bridgehead atoms. The van der Waals surface area contributed by atoms with E-state index in [-0.39, 0.29) is 23.4 Å². The average Bonchev–Trinajstić information content (AvgIpc) is 3.26. The van der Waals surface area contributed by atoms with Gasteiger partial charge in [-0.05, 0) is 43.4 Å². The lowest BCUT2D eigenvalue weighted by Crippen LogP contribution is -2.54. The molecule has 142 valence electrons. The molecule has 1 saturated carbocycles. The highest BCUT2D eigenvalue weighted by Crippen LogP contribution is 2.47. The van der Waals surface area contributed by atoms with Crippen LogP contribution in [0.5, 0.6) is 0 Å². The molecule has 1 N–H and O–H groups in total. The SMILES string of the molecule is CN=C(NCC1(c2ccc(F)cc2)CC1)N1CCOC(C2CCCO2)C1. The number of hydrogen-bond acceptors (Lipinski definition) is 3. The van der Waals surface area contributed by atoms with Crippen molar-refractivity contribution in [3.8, 4) is 0 Å². The van der Waals surface area contributed by atoms with Gasteiger partial charge in [0.2, 0.25) is 0 Å². The van der Waals surface area contributed by atoms with Gasteiger partial charge in [-0.15, -0.1) is 0 Å². The summed E-state index contributed by atoms with van der Waals surface area (Å²) in [6.45, 7) is 4.03. The summed E-state index contributed by atoms with van der Waals surface area (Å²) in [4.78, 5) is 6.76. The second-order valence-corrected chi connectivity index (χ2v) is 7.59. The molecule has 2 saturated heterocycles. The zero-order chi connectivity index (χ0) is 18.0. The minimum Gasteiger partial charge on any atom is -0.375 e. The van der Waals surface area contributed by atoms with Crippen molar-refractivity contribution in [1.82, 2.24) is 10.2 Å². The normalized spacial score (nSPS) is 28.2. The highest BCUT2D eigenvalue weighted by Gasteiger charge is 2.44. The Balaban J connectivity index is 1.36. The first-order valence-electron chi connectivity index (χ1n) is 9.65. The highest BCUT2D eigenvalue weighted by molar-refractivity contribution is 5.80. The number of guanidine groups is 1. The molecule has 1 aromatic carbocycles. The molecule has 3 aliphatic rings. The number of nitrogens with zero attached hydrogens (tertiary/aromatic N) is 2. The lowest BCUT2D eigenvalue weighted by Gasteiger charge is -2.37. The van der Waals surface area contributed by atoms with Gasteiger partial charge in [-0.3, -0.25) is 4.99 Å². The van der Waals surface area contributed by atoms with Crippen LogP contribution in [0.15, 0.2) is 29.3 Å². The number of ether oxygens (including phenoxy) is 2. The van der Waals surface area contributed by atoms with Crippen molar-refractivity contribution < 1.29 is 13.9 Å². The predicted molar refractivity (Wildman–Crippen MR) is 99.0 cm³/mol. The molecule has 2 heterocycles. The number of morpholine rings is 1. The van der Waals surface area contributed by atoms with Crippen LogP contribution in [0.4, 0.5) is 4.39 Å². The molecule has 0 spiro atoms. The van der Waals surface area contributed by atoms with Gasteiger partial charge < -0.3 is 19.7 Å². The second-order valence-electron chi connectivity index (χ2n) is 7.59. The van der Waals surface area contributed by atoms with E-state index < -0.39 is 0 Å². The third kappa shape index (κ3) is 3.71. The summed E-state index contributed by atoms with van der Waals surface area (Å²) in [7, 11) is 1.83. The predicted octanol–water partition coefficient (Wildman–Crippen LogP) is 2.31. The van der Waals surface area contributed by atoms with Crippen molar-refractivity contribution in [2.24, 2.45) is 4.99 Å². The smallest absolute Gasteiger partial charge is 0.193 e. The van der Waals surface area contributed by atoms with Crippen LogP contribution in [0, 0.1) is 5.82 Å². The van der Waals surface area contributed by atoms with E-state index in [1.165, 1.54) is 5.56 Å². The molecule has 4 rings (SSSR count). The first-order valence-corrected chi connectivity index (χ1v) is 9.65. The van der Waals surface area contributed by atoms with Crippen LogP contribution < -0.4 is 5.32 Å². The van der Waals surface area contributed by atoms with E-state index in [9.17, 15) is 4.39 Å². The minimum absolute atomic E-state index is 0.115. The molecule has 5 nitrogen and oxygen atoms in total. The number of hydrogen-bond donors (Lipinski definition) is 1. The van der Waals surface area contributed by atoms with Gasteiger partial charge in [0.05, 0.1) is 12.7 Å². The maximum Gasteiger partial charge on any atom is 0.193 e. The van der Waals surface area contributed by atoms with Gasteiger partial charge in [-0.25, -0.2) is 4.39 Å². The van der Waals surface area contributed by atoms with Gasteiger partial charge in [0.15, 0.2) is 5.96 Å². The monoisotopic (exact) mass is 361 g/mol. The van der Waals surface area contributed by atoms with E-state index in [0.29, 0.717) is 6.61 Å². The Morgan fingerprint density at radius 3 is 2.65 bits per heavy atom. The Hall–Kier alpha value is -1.66. The summed E-state index contributed by atoms with van der Waals surface area (Å²) in [6.07, 6.45) is 4.80. The number of nitrogens with one attached hydrogen (secondary N) is 1. The summed E-state index contributed by atoms with van der Waals surface area (Å²) in [5, 5.41) is 3.55. The topological polar surface area (TPSA) is 46.1 Å². The third-order valence-corrected chi connectivity index (χ3v) is 5.88. The number of rotatable bonds is 4. The van der Waals surface area contributed by atoms with E-state index in [1.807, 2.05) is 19.2 Å². The zero-order valence-corrected chi connectivity index (χ0v) is 15.4. The number of benzene rings is 1. The maximum atomic E-state index is 13.2. The van der Waals surface area contributed by atoms with Crippen molar-refractivity contribution in [2.75, 3.05) is 39.9 Å². The van der Waals surface area contributed by atoms with Crippen molar-refractivity contribution >= 4 is 5.96 Å². The molecule has 1 aliphatic carbocycles. The molecule has 0 aromatic heterocycles.